The topological polar surface area (TPSA) is 70.7 Å². The van der Waals surface area contributed by atoms with Gasteiger partial charge in [0.25, 0.3) is 5.91 Å². The van der Waals surface area contributed by atoms with Gasteiger partial charge in [-0.05, 0) is 43.4 Å². The van der Waals surface area contributed by atoms with E-state index in [1.165, 1.54) is 17.9 Å². The summed E-state index contributed by atoms with van der Waals surface area (Å²) >= 11 is 0. The van der Waals surface area contributed by atoms with Gasteiger partial charge in [-0.2, -0.15) is 18.3 Å². The van der Waals surface area contributed by atoms with Crippen LogP contribution in [0.4, 0.5) is 13.2 Å². The zero-order valence-electron chi connectivity index (χ0n) is 16.4. The molecule has 1 aliphatic carbocycles. The molecular weight excluding hydrogens is 397 g/mol. The second kappa shape index (κ2) is 7.71. The molecule has 0 saturated heterocycles. The SMILES string of the molecule is Cc1cc(C(F)(F)F)n2nc(C(=O)N(CCO)[C@H]3CCCc4ccccc43)cc2n1. The van der Waals surface area contributed by atoms with E-state index in [4.69, 9.17) is 0 Å². The lowest BCUT2D eigenvalue weighted by molar-refractivity contribution is -0.142. The summed E-state index contributed by atoms with van der Waals surface area (Å²) < 4.78 is 40.9. The van der Waals surface area contributed by atoms with Crippen molar-refractivity contribution in [1.82, 2.24) is 19.5 Å². The Balaban J connectivity index is 1.76. The maximum absolute atomic E-state index is 13.4. The van der Waals surface area contributed by atoms with Crippen molar-refractivity contribution in [2.45, 2.75) is 38.4 Å². The molecule has 1 aromatic carbocycles. The number of aliphatic hydroxyl groups is 1. The smallest absolute Gasteiger partial charge is 0.395 e. The van der Waals surface area contributed by atoms with Crippen LogP contribution in [0, 0.1) is 6.92 Å². The van der Waals surface area contributed by atoms with E-state index in [0.717, 1.165) is 30.0 Å². The van der Waals surface area contributed by atoms with Crippen LogP contribution in [-0.4, -0.2) is 43.7 Å². The highest BCUT2D eigenvalue weighted by molar-refractivity contribution is 5.93. The first-order chi connectivity index (χ1) is 14.3. The largest absolute Gasteiger partial charge is 0.433 e. The molecule has 0 bridgehead atoms. The third kappa shape index (κ3) is 3.65. The van der Waals surface area contributed by atoms with Gasteiger partial charge in [0.15, 0.2) is 11.3 Å². The Bertz CT molecular complexity index is 1090. The molecule has 9 heteroatoms. The van der Waals surface area contributed by atoms with E-state index in [1.54, 1.807) is 0 Å². The molecule has 30 heavy (non-hydrogen) atoms. The van der Waals surface area contributed by atoms with Crippen LogP contribution in [0.25, 0.3) is 5.65 Å². The predicted octanol–water partition coefficient (Wildman–Crippen LogP) is 3.57. The summed E-state index contributed by atoms with van der Waals surface area (Å²) in [7, 11) is 0. The highest BCUT2D eigenvalue weighted by Crippen LogP contribution is 2.35. The number of carbonyl (C=O) groups is 1. The lowest BCUT2D eigenvalue weighted by Crippen LogP contribution is -2.38. The van der Waals surface area contributed by atoms with Crippen LogP contribution < -0.4 is 0 Å². The summed E-state index contributed by atoms with van der Waals surface area (Å²) in [5.41, 5.74) is 1.16. The molecule has 2 heterocycles. The summed E-state index contributed by atoms with van der Waals surface area (Å²) in [4.78, 5) is 18.9. The maximum Gasteiger partial charge on any atom is 0.433 e. The zero-order valence-corrected chi connectivity index (χ0v) is 16.4. The molecule has 0 aliphatic heterocycles. The van der Waals surface area contributed by atoms with Gasteiger partial charge in [0, 0.05) is 18.3 Å². The number of nitrogens with zero attached hydrogens (tertiary/aromatic N) is 4. The van der Waals surface area contributed by atoms with Gasteiger partial charge in [0.1, 0.15) is 5.69 Å². The first-order valence-corrected chi connectivity index (χ1v) is 9.74. The van der Waals surface area contributed by atoms with Gasteiger partial charge in [-0.25, -0.2) is 9.50 Å². The molecule has 0 fully saturated rings. The van der Waals surface area contributed by atoms with Crippen molar-refractivity contribution in [3.63, 3.8) is 0 Å². The van der Waals surface area contributed by atoms with Gasteiger partial charge in [-0.1, -0.05) is 24.3 Å². The van der Waals surface area contributed by atoms with Crippen molar-refractivity contribution in [1.29, 1.82) is 0 Å². The van der Waals surface area contributed by atoms with Crippen LogP contribution in [0.15, 0.2) is 36.4 Å². The Hall–Kier alpha value is -2.94. The molecule has 3 aromatic rings. The van der Waals surface area contributed by atoms with Gasteiger partial charge in [-0.15, -0.1) is 0 Å². The molecule has 0 radical (unpaired) electrons. The quantitative estimate of drug-likeness (QED) is 0.703. The summed E-state index contributed by atoms with van der Waals surface area (Å²) in [6.07, 6.45) is -2.14. The number of rotatable bonds is 4. The van der Waals surface area contributed by atoms with E-state index < -0.39 is 17.8 Å². The van der Waals surface area contributed by atoms with Gasteiger partial charge in [0.05, 0.1) is 12.6 Å². The van der Waals surface area contributed by atoms with Crippen LogP contribution >= 0.6 is 0 Å². The summed E-state index contributed by atoms with van der Waals surface area (Å²) in [5, 5.41) is 13.5. The molecule has 1 aliphatic rings. The Morgan fingerprint density at radius 2 is 2.07 bits per heavy atom. The lowest BCUT2D eigenvalue weighted by atomic mass is 9.86. The fourth-order valence-corrected chi connectivity index (χ4v) is 4.11. The van der Waals surface area contributed by atoms with Gasteiger partial charge < -0.3 is 10.0 Å². The Kier molecular flexibility index (Phi) is 5.23. The van der Waals surface area contributed by atoms with Crippen molar-refractivity contribution in [2.24, 2.45) is 0 Å². The molecule has 4 rings (SSSR count). The third-order valence-corrected chi connectivity index (χ3v) is 5.38. The number of aryl methyl sites for hydroxylation is 2. The average molecular weight is 418 g/mol. The fourth-order valence-electron chi connectivity index (χ4n) is 4.11. The minimum atomic E-state index is -4.63. The van der Waals surface area contributed by atoms with E-state index in [2.05, 4.69) is 10.1 Å². The Morgan fingerprint density at radius 3 is 2.80 bits per heavy atom. The molecule has 158 valence electrons. The number of alkyl halides is 3. The molecule has 0 saturated carbocycles. The third-order valence-electron chi connectivity index (χ3n) is 5.38. The number of halogens is 3. The first-order valence-electron chi connectivity index (χ1n) is 9.74. The zero-order chi connectivity index (χ0) is 21.5. The number of carbonyl (C=O) groups excluding carboxylic acids is 1. The van der Waals surface area contributed by atoms with Crippen molar-refractivity contribution in [3.8, 4) is 0 Å². The molecule has 1 amide bonds. The molecule has 0 spiro atoms. The van der Waals surface area contributed by atoms with E-state index in [-0.39, 0.29) is 36.2 Å². The van der Waals surface area contributed by atoms with Crippen molar-refractivity contribution >= 4 is 11.6 Å². The molecular formula is C21H21F3N4O2. The molecule has 1 N–H and O–H groups in total. The van der Waals surface area contributed by atoms with Gasteiger partial charge >= 0.3 is 6.18 Å². The van der Waals surface area contributed by atoms with Crippen LogP contribution in [-0.2, 0) is 12.6 Å². The van der Waals surface area contributed by atoms with Gasteiger partial charge in [0.2, 0.25) is 0 Å². The molecule has 2 aromatic heterocycles. The maximum atomic E-state index is 13.4. The normalized spacial score (nSPS) is 16.5. The number of amides is 1. The van der Waals surface area contributed by atoms with Crippen LogP contribution in [0.5, 0.6) is 0 Å². The predicted molar refractivity (Wildman–Crippen MR) is 103 cm³/mol. The number of aromatic nitrogens is 3. The van der Waals surface area contributed by atoms with Crippen LogP contribution in [0.1, 0.15) is 51.9 Å². The summed E-state index contributed by atoms with van der Waals surface area (Å²) in [6.45, 7) is 1.26. The van der Waals surface area contributed by atoms with Crippen LogP contribution in [0.2, 0.25) is 0 Å². The van der Waals surface area contributed by atoms with E-state index in [9.17, 15) is 23.1 Å². The number of aliphatic hydroxyl groups excluding tert-OH is 1. The summed E-state index contributed by atoms with van der Waals surface area (Å²) in [5.74, 6) is -0.526. The van der Waals surface area contributed by atoms with Gasteiger partial charge in [-0.3, -0.25) is 4.79 Å². The minimum Gasteiger partial charge on any atom is -0.395 e. The van der Waals surface area contributed by atoms with Crippen molar-refractivity contribution in [2.75, 3.05) is 13.2 Å². The molecule has 1 atom stereocenters. The second-order valence-corrected chi connectivity index (χ2v) is 7.41. The lowest BCUT2D eigenvalue weighted by Gasteiger charge is -2.35. The van der Waals surface area contributed by atoms with E-state index >= 15 is 0 Å². The van der Waals surface area contributed by atoms with Crippen LogP contribution in [0.3, 0.4) is 0 Å². The summed E-state index contributed by atoms with van der Waals surface area (Å²) in [6, 6.07) is 9.70. The van der Waals surface area contributed by atoms with Crippen molar-refractivity contribution < 1.29 is 23.1 Å². The highest BCUT2D eigenvalue weighted by Gasteiger charge is 2.36. The standard InChI is InChI=1S/C21H21F3N4O2/c1-13-11-18(21(22,23)24)28-19(25-13)12-16(26-28)20(30)27(9-10-29)17-8-4-6-14-5-2-3-7-15(14)17/h2-3,5,7,11-12,17,29H,4,6,8-10H2,1H3/t17-/m0/s1. The Labute approximate surface area is 171 Å². The number of benzene rings is 1. The fraction of sp³-hybridized carbons (Fsp3) is 0.381. The molecule has 6 nitrogen and oxygen atoms in total. The second-order valence-electron chi connectivity index (χ2n) is 7.41. The average Bonchev–Trinajstić information content (AvgIpc) is 3.13. The van der Waals surface area contributed by atoms with E-state index in [1.807, 2.05) is 24.3 Å². The number of fused-ring (bicyclic) bond motifs is 2. The molecule has 0 unspecified atom stereocenters. The monoisotopic (exact) mass is 418 g/mol. The van der Waals surface area contributed by atoms with Crippen molar-refractivity contribution in [3.05, 3.63) is 64.6 Å². The van der Waals surface area contributed by atoms with E-state index in [0.29, 0.717) is 10.9 Å². The number of hydrogen-bond donors (Lipinski definition) is 1. The highest BCUT2D eigenvalue weighted by atomic mass is 19.4. The Morgan fingerprint density at radius 1 is 1.30 bits per heavy atom. The first kappa shape index (κ1) is 20.3. The minimum absolute atomic E-state index is 0.0429. The number of hydrogen-bond acceptors (Lipinski definition) is 4.